The zero-order chi connectivity index (χ0) is 25.1. The van der Waals surface area contributed by atoms with Crippen molar-refractivity contribution in [3.05, 3.63) is 46.3 Å². The Bertz CT molecular complexity index is 1240. The van der Waals surface area contributed by atoms with Crippen LogP contribution in [0.1, 0.15) is 45.7 Å². The molecule has 1 aromatic heterocycles. The molecule has 2 aliphatic carbocycles. The van der Waals surface area contributed by atoms with E-state index in [1.54, 1.807) is 4.90 Å². The summed E-state index contributed by atoms with van der Waals surface area (Å²) in [5.74, 6) is 2.61. The molecule has 3 fully saturated rings. The summed E-state index contributed by atoms with van der Waals surface area (Å²) in [4.78, 5) is 32.8. The fraction of sp³-hybridized carbons (Fsp3) is 0.593. The second kappa shape index (κ2) is 9.01. The first-order chi connectivity index (χ1) is 17.3. The third kappa shape index (κ3) is 3.96. The van der Waals surface area contributed by atoms with Crippen LogP contribution in [0.25, 0.3) is 0 Å². The summed E-state index contributed by atoms with van der Waals surface area (Å²) in [5.41, 5.74) is 6.53. The monoisotopic (exact) mass is 509 g/mol. The molecule has 0 spiro atoms. The van der Waals surface area contributed by atoms with E-state index < -0.39 is 10.8 Å². The average molecular weight is 510 g/mol. The Morgan fingerprint density at radius 2 is 1.75 bits per heavy atom. The molecule has 1 aromatic carbocycles. The van der Waals surface area contributed by atoms with E-state index in [9.17, 15) is 13.8 Å². The Balaban J connectivity index is 1.16. The molecule has 3 atom stereocenters. The molecule has 192 valence electrons. The Labute approximate surface area is 215 Å². The van der Waals surface area contributed by atoms with E-state index in [0.717, 1.165) is 30.8 Å². The van der Waals surface area contributed by atoms with E-state index in [1.165, 1.54) is 16.8 Å². The van der Waals surface area contributed by atoms with Gasteiger partial charge in [0.15, 0.2) is 5.69 Å². The predicted molar refractivity (Wildman–Crippen MR) is 140 cm³/mol. The van der Waals surface area contributed by atoms with E-state index in [1.807, 2.05) is 9.58 Å². The van der Waals surface area contributed by atoms with Crippen molar-refractivity contribution in [3.8, 4) is 0 Å². The molecule has 3 unspecified atom stereocenters. The Morgan fingerprint density at radius 1 is 1.03 bits per heavy atom. The number of hydrogen-bond donors (Lipinski definition) is 0. The van der Waals surface area contributed by atoms with Gasteiger partial charge in [-0.2, -0.15) is 5.10 Å². The molecule has 9 heteroatoms. The Morgan fingerprint density at radius 3 is 2.47 bits per heavy atom. The highest BCUT2D eigenvalue weighted by molar-refractivity contribution is 7.85. The van der Waals surface area contributed by atoms with Crippen LogP contribution in [0.4, 0.5) is 5.69 Å². The standard InChI is InChI=1S/C27H35N5O3S/c1-17-5-4-6-21(18(17)2)29-7-9-30(10-8-29)23(33)16-32-22-15-20-19(3)24(20)25(22)26(28-32)27(34)31-11-13-36(35)14-12-31/h4-6,19-20,24H,7-16H2,1-3H3. The molecule has 0 N–H and O–H groups in total. The van der Waals surface area contributed by atoms with Crippen LogP contribution in [-0.4, -0.2) is 86.4 Å². The van der Waals surface area contributed by atoms with Crippen LogP contribution < -0.4 is 4.90 Å². The van der Waals surface area contributed by atoms with Crippen molar-refractivity contribution in [2.75, 3.05) is 55.7 Å². The quantitative estimate of drug-likeness (QED) is 0.630. The van der Waals surface area contributed by atoms with Crippen LogP contribution in [0.5, 0.6) is 0 Å². The van der Waals surface area contributed by atoms with E-state index in [0.29, 0.717) is 61.1 Å². The van der Waals surface area contributed by atoms with Gasteiger partial charge in [-0.1, -0.05) is 19.1 Å². The summed E-state index contributed by atoms with van der Waals surface area (Å²) in [6, 6.07) is 6.40. The fourth-order valence-corrected chi connectivity index (χ4v) is 7.47. The summed E-state index contributed by atoms with van der Waals surface area (Å²) in [6.45, 7) is 10.8. The van der Waals surface area contributed by atoms with E-state index in [-0.39, 0.29) is 18.4 Å². The second-order valence-corrected chi connectivity index (χ2v) is 12.5. The van der Waals surface area contributed by atoms with Gasteiger partial charge >= 0.3 is 0 Å². The van der Waals surface area contributed by atoms with Gasteiger partial charge in [-0.05, 0) is 55.2 Å². The molecule has 8 nitrogen and oxygen atoms in total. The van der Waals surface area contributed by atoms with Crippen molar-refractivity contribution in [2.45, 2.75) is 39.7 Å². The van der Waals surface area contributed by atoms with Crippen LogP contribution in [0.15, 0.2) is 18.2 Å². The number of fused-ring (bicyclic) bond motifs is 3. The maximum Gasteiger partial charge on any atom is 0.274 e. The molecule has 0 bridgehead atoms. The Kier molecular flexibility index (Phi) is 5.93. The average Bonchev–Trinajstić information content (AvgIpc) is 3.18. The van der Waals surface area contributed by atoms with Crippen LogP contribution >= 0.6 is 0 Å². The second-order valence-electron chi connectivity index (χ2n) is 10.8. The number of piperazine rings is 1. The molecule has 3 heterocycles. The highest BCUT2D eigenvalue weighted by atomic mass is 32.2. The smallest absolute Gasteiger partial charge is 0.274 e. The van der Waals surface area contributed by atoms with Gasteiger partial charge in [0.05, 0.1) is 0 Å². The number of aryl methyl sites for hydroxylation is 1. The number of benzene rings is 1. The molecule has 2 saturated heterocycles. The maximum absolute atomic E-state index is 13.4. The number of anilines is 1. The number of aromatic nitrogens is 2. The van der Waals surface area contributed by atoms with Gasteiger partial charge in [-0.3, -0.25) is 18.5 Å². The van der Waals surface area contributed by atoms with E-state index >= 15 is 0 Å². The van der Waals surface area contributed by atoms with Crippen LogP contribution in [0.2, 0.25) is 0 Å². The number of rotatable bonds is 4. The third-order valence-corrected chi connectivity index (χ3v) is 10.2. The van der Waals surface area contributed by atoms with Gasteiger partial charge in [0.1, 0.15) is 6.54 Å². The Hall–Kier alpha value is -2.68. The summed E-state index contributed by atoms with van der Waals surface area (Å²) in [7, 11) is -0.834. The van der Waals surface area contributed by atoms with Gasteiger partial charge in [0.25, 0.3) is 5.91 Å². The number of amides is 2. The normalized spacial score (nSPS) is 25.6. The summed E-state index contributed by atoms with van der Waals surface area (Å²) >= 11 is 0. The zero-order valence-electron chi connectivity index (χ0n) is 21.4. The lowest BCUT2D eigenvalue weighted by molar-refractivity contribution is -0.132. The van der Waals surface area contributed by atoms with Crippen molar-refractivity contribution in [1.82, 2.24) is 19.6 Å². The number of carbonyl (C=O) groups excluding carboxylic acids is 2. The molecule has 2 aromatic rings. The van der Waals surface area contributed by atoms with Crippen LogP contribution in [0.3, 0.4) is 0 Å². The minimum absolute atomic E-state index is 0.0592. The van der Waals surface area contributed by atoms with E-state index in [2.05, 4.69) is 43.9 Å². The minimum Gasteiger partial charge on any atom is -0.368 e. The van der Waals surface area contributed by atoms with Crippen molar-refractivity contribution in [3.63, 3.8) is 0 Å². The lowest BCUT2D eigenvalue weighted by Gasteiger charge is -2.37. The molecular formula is C27H35N5O3S. The maximum atomic E-state index is 13.4. The van der Waals surface area contributed by atoms with Gasteiger partial charge < -0.3 is 14.7 Å². The number of nitrogens with zero attached hydrogens (tertiary/aromatic N) is 5. The minimum atomic E-state index is -0.834. The predicted octanol–water partition coefficient (Wildman–Crippen LogP) is 1.96. The van der Waals surface area contributed by atoms with Crippen molar-refractivity contribution in [1.29, 1.82) is 0 Å². The lowest BCUT2D eigenvalue weighted by Crippen LogP contribution is -2.50. The first-order valence-corrected chi connectivity index (χ1v) is 14.6. The largest absolute Gasteiger partial charge is 0.368 e. The molecule has 1 saturated carbocycles. The molecule has 2 aliphatic heterocycles. The molecule has 4 aliphatic rings. The van der Waals surface area contributed by atoms with Crippen molar-refractivity contribution in [2.24, 2.45) is 11.8 Å². The highest BCUT2D eigenvalue weighted by Crippen LogP contribution is 2.62. The number of carbonyl (C=O) groups is 2. The first-order valence-electron chi connectivity index (χ1n) is 13.2. The fourth-order valence-electron chi connectivity index (χ4n) is 6.42. The SMILES string of the molecule is Cc1cccc(N2CCN(C(=O)Cn3nc(C(=O)N4CCS(=O)CC4)c4c3CC3C(C)C43)CC2)c1C. The van der Waals surface area contributed by atoms with Crippen LogP contribution in [0, 0.1) is 25.7 Å². The lowest BCUT2D eigenvalue weighted by atomic mass is 10.1. The van der Waals surface area contributed by atoms with E-state index in [4.69, 9.17) is 5.10 Å². The van der Waals surface area contributed by atoms with Gasteiger partial charge in [-0.25, -0.2) is 0 Å². The topological polar surface area (TPSA) is 78.8 Å². The van der Waals surface area contributed by atoms with Crippen molar-refractivity contribution >= 4 is 28.3 Å². The molecule has 6 rings (SSSR count). The number of hydrogen-bond acceptors (Lipinski definition) is 5. The van der Waals surface area contributed by atoms with Gasteiger partial charge in [0.2, 0.25) is 5.91 Å². The highest BCUT2D eigenvalue weighted by Gasteiger charge is 2.56. The molecule has 2 amide bonds. The third-order valence-electron chi connectivity index (χ3n) is 8.92. The van der Waals surface area contributed by atoms with Gasteiger partial charge in [-0.15, -0.1) is 0 Å². The molecule has 36 heavy (non-hydrogen) atoms. The summed E-state index contributed by atoms with van der Waals surface area (Å²) < 4.78 is 13.6. The van der Waals surface area contributed by atoms with Gasteiger partial charge in [0, 0.05) is 78.5 Å². The molecule has 0 radical (unpaired) electrons. The molecular weight excluding hydrogens is 474 g/mol. The van der Waals surface area contributed by atoms with Crippen LogP contribution in [-0.2, 0) is 28.6 Å². The zero-order valence-corrected chi connectivity index (χ0v) is 22.2. The van der Waals surface area contributed by atoms with Crippen molar-refractivity contribution < 1.29 is 13.8 Å². The first kappa shape index (κ1) is 23.7. The summed E-state index contributed by atoms with van der Waals surface area (Å²) in [5, 5.41) is 4.75. The summed E-state index contributed by atoms with van der Waals surface area (Å²) in [6.07, 6.45) is 0.902.